The van der Waals surface area contributed by atoms with Crippen LogP contribution in [0.15, 0.2) is 54.9 Å². The second-order valence-electron chi connectivity index (χ2n) is 8.95. The molecule has 8 nitrogen and oxygen atoms in total. The third-order valence-electron chi connectivity index (χ3n) is 6.10. The molecular formula is C27H34ClN3O5. The number of β-amino-alcohol motifs (C(OH)–C–C–N with tert-alkyl or cyclic N) is 1. The molecule has 1 aliphatic rings. The summed E-state index contributed by atoms with van der Waals surface area (Å²) in [5.74, 6) is 3.08. The molecule has 1 atom stereocenters. The number of halogens is 1. The van der Waals surface area contributed by atoms with Crippen molar-refractivity contribution in [2.24, 2.45) is 0 Å². The van der Waals surface area contributed by atoms with Gasteiger partial charge in [-0.15, -0.1) is 0 Å². The van der Waals surface area contributed by atoms with E-state index in [1.54, 1.807) is 31.4 Å². The Kier molecular flexibility index (Phi) is 9.09. The number of hydrogen-bond acceptors (Lipinski definition) is 7. The Morgan fingerprint density at radius 3 is 2.75 bits per heavy atom. The van der Waals surface area contributed by atoms with E-state index in [-0.39, 0.29) is 13.2 Å². The monoisotopic (exact) mass is 515 g/mol. The zero-order valence-corrected chi connectivity index (χ0v) is 21.6. The quantitative estimate of drug-likeness (QED) is 0.416. The van der Waals surface area contributed by atoms with Crippen molar-refractivity contribution < 1.29 is 24.1 Å². The van der Waals surface area contributed by atoms with Gasteiger partial charge in [0.15, 0.2) is 11.5 Å². The van der Waals surface area contributed by atoms with Gasteiger partial charge in [-0.1, -0.05) is 24.6 Å². The lowest BCUT2D eigenvalue weighted by Crippen LogP contribution is -2.48. The number of hydrogen-bond donors (Lipinski definition) is 1. The maximum absolute atomic E-state index is 11.2. The molecule has 1 aliphatic heterocycles. The molecule has 9 heteroatoms. The van der Waals surface area contributed by atoms with Crippen molar-refractivity contribution in [1.29, 1.82) is 0 Å². The minimum atomic E-state index is -1.13. The summed E-state index contributed by atoms with van der Waals surface area (Å²) in [6.07, 6.45) is 4.66. The number of ether oxygens (including phenoxy) is 4. The molecule has 2 aromatic carbocycles. The predicted octanol–water partition coefficient (Wildman–Crippen LogP) is 3.83. The van der Waals surface area contributed by atoms with Crippen LogP contribution in [0.4, 0.5) is 0 Å². The molecule has 1 aromatic heterocycles. The first-order valence-electron chi connectivity index (χ1n) is 12.2. The van der Waals surface area contributed by atoms with E-state index < -0.39 is 5.60 Å². The molecule has 4 rings (SSSR count). The highest BCUT2D eigenvalue weighted by atomic mass is 35.5. The Hall–Kier alpha value is -2.78. The van der Waals surface area contributed by atoms with Crippen LogP contribution >= 0.6 is 11.6 Å². The van der Waals surface area contributed by atoms with Gasteiger partial charge in [0.25, 0.3) is 0 Å². The average Bonchev–Trinajstić information content (AvgIpc) is 3.26. The Morgan fingerprint density at radius 1 is 1.14 bits per heavy atom. The minimum Gasteiger partial charge on any atom is -0.493 e. The number of aliphatic hydroxyl groups is 1. The molecular weight excluding hydrogens is 482 g/mol. The van der Waals surface area contributed by atoms with Gasteiger partial charge in [-0.05, 0) is 42.0 Å². The van der Waals surface area contributed by atoms with Crippen LogP contribution in [0.3, 0.4) is 0 Å². The average molecular weight is 516 g/mol. The van der Waals surface area contributed by atoms with E-state index in [0.717, 1.165) is 24.4 Å². The van der Waals surface area contributed by atoms with Crippen LogP contribution in [0.25, 0.3) is 0 Å². The number of methoxy groups -OCH3 is 1. The third kappa shape index (κ3) is 7.13. The van der Waals surface area contributed by atoms with Gasteiger partial charge in [-0.25, -0.2) is 4.98 Å². The van der Waals surface area contributed by atoms with Gasteiger partial charge in [0.1, 0.15) is 30.4 Å². The summed E-state index contributed by atoms with van der Waals surface area (Å²) in [7, 11) is 1.64. The highest BCUT2D eigenvalue weighted by molar-refractivity contribution is 6.30. The van der Waals surface area contributed by atoms with Crippen molar-refractivity contribution >= 4 is 11.6 Å². The Bertz CT molecular complexity index is 1110. The molecule has 36 heavy (non-hydrogen) atoms. The summed E-state index contributed by atoms with van der Waals surface area (Å²) in [5.41, 5.74) is -0.0709. The van der Waals surface area contributed by atoms with E-state index >= 15 is 0 Å². The number of nitrogens with zero attached hydrogens (tertiary/aromatic N) is 3. The molecule has 1 N–H and O–H groups in total. The van der Waals surface area contributed by atoms with Gasteiger partial charge in [-0.2, -0.15) is 0 Å². The highest BCUT2D eigenvalue weighted by Gasteiger charge is 2.33. The van der Waals surface area contributed by atoms with E-state index in [0.29, 0.717) is 55.1 Å². The summed E-state index contributed by atoms with van der Waals surface area (Å²) < 4.78 is 25.2. The van der Waals surface area contributed by atoms with Gasteiger partial charge in [0, 0.05) is 43.5 Å². The summed E-state index contributed by atoms with van der Waals surface area (Å²) >= 11 is 5.94. The van der Waals surface area contributed by atoms with Crippen LogP contribution in [0.1, 0.15) is 18.3 Å². The van der Waals surface area contributed by atoms with Crippen molar-refractivity contribution in [3.63, 3.8) is 0 Å². The lowest BCUT2D eigenvalue weighted by atomic mass is 10.1. The lowest BCUT2D eigenvalue weighted by Gasteiger charge is -2.30. The molecule has 0 amide bonds. The molecule has 1 saturated heterocycles. The predicted molar refractivity (Wildman–Crippen MR) is 138 cm³/mol. The fraction of sp³-hybridized carbons (Fsp3) is 0.444. The van der Waals surface area contributed by atoms with Gasteiger partial charge < -0.3 is 28.6 Å². The standard InChI is InChI=1S/C27H34ClN3O5/c1-3-26-29-10-11-31(26)13-15-35-24-9-4-21(16-25(24)33-2)17-30-12-14-34-19-27(32,18-30)20-36-23-7-5-22(28)6-8-23/h4-11,16,32H,3,12-15,17-20H2,1-2H3. The summed E-state index contributed by atoms with van der Waals surface area (Å²) in [6.45, 7) is 5.96. The van der Waals surface area contributed by atoms with E-state index in [9.17, 15) is 5.11 Å². The molecule has 1 fully saturated rings. The largest absolute Gasteiger partial charge is 0.493 e. The summed E-state index contributed by atoms with van der Waals surface area (Å²) in [6, 6.07) is 13.0. The summed E-state index contributed by atoms with van der Waals surface area (Å²) in [5, 5.41) is 11.8. The molecule has 0 aliphatic carbocycles. The number of rotatable bonds is 11. The Morgan fingerprint density at radius 2 is 1.97 bits per heavy atom. The molecule has 194 valence electrons. The maximum atomic E-state index is 11.2. The van der Waals surface area contributed by atoms with Crippen molar-refractivity contribution in [3.8, 4) is 17.2 Å². The van der Waals surface area contributed by atoms with Crippen LogP contribution in [-0.2, 0) is 24.2 Å². The molecule has 1 unspecified atom stereocenters. The van der Waals surface area contributed by atoms with Crippen LogP contribution in [0.2, 0.25) is 5.02 Å². The van der Waals surface area contributed by atoms with Crippen molar-refractivity contribution in [2.75, 3.05) is 46.6 Å². The first kappa shape index (κ1) is 26.3. The molecule has 0 radical (unpaired) electrons. The van der Waals surface area contributed by atoms with E-state index in [1.165, 1.54) is 0 Å². The first-order chi connectivity index (χ1) is 17.5. The van der Waals surface area contributed by atoms with Gasteiger partial charge in [0.05, 0.1) is 26.9 Å². The molecule has 0 saturated carbocycles. The Labute approximate surface area is 217 Å². The van der Waals surface area contributed by atoms with Crippen molar-refractivity contribution in [3.05, 3.63) is 71.3 Å². The number of imidazole rings is 1. The van der Waals surface area contributed by atoms with Gasteiger partial charge in [0.2, 0.25) is 0 Å². The van der Waals surface area contributed by atoms with Crippen molar-refractivity contribution in [2.45, 2.75) is 32.0 Å². The lowest BCUT2D eigenvalue weighted by molar-refractivity contribution is -0.0646. The molecule has 0 spiro atoms. The fourth-order valence-corrected chi connectivity index (χ4v) is 4.39. The van der Waals surface area contributed by atoms with E-state index in [2.05, 4.69) is 21.4 Å². The molecule has 0 bridgehead atoms. The highest BCUT2D eigenvalue weighted by Crippen LogP contribution is 2.29. The minimum absolute atomic E-state index is 0.123. The molecule has 2 heterocycles. The smallest absolute Gasteiger partial charge is 0.161 e. The van der Waals surface area contributed by atoms with Crippen LogP contribution in [-0.4, -0.2) is 71.8 Å². The van der Waals surface area contributed by atoms with Crippen LogP contribution in [0.5, 0.6) is 17.2 Å². The fourth-order valence-electron chi connectivity index (χ4n) is 4.27. The SMILES string of the molecule is CCc1nccn1CCOc1ccc(CN2CCOCC(O)(COc3ccc(Cl)cc3)C2)cc1OC. The second kappa shape index (κ2) is 12.5. The van der Waals surface area contributed by atoms with Crippen molar-refractivity contribution in [1.82, 2.24) is 14.5 Å². The van der Waals surface area contributed by atoms with Gasteiger partial charge in [-0.3, -0.25) is 4.90 Å². The molecule has 3 aromatic rings. The van der Waals surface area contributed by atoms with E-state index in [4.69, 9.17) is 30.5 Å². The topological polar surface area (TPSA) is 78.2 Å². The first-order valence-corrected chi connectivity index (χ1v) is 12.6. The van der Waals surface area contributed by atoms with Crippen LogP contribution in [0, 0.1) is 0 Å². The maximum Gasteiger partial charge on any atom is 0.161 e. The number of aryl methyl sites for hydroxylation is 1. The number of aromatic nitrogens is 2. The number of benzene rings is 2. The Balaban J connectivity index is 1.34. The second-order valence-corrected chi connectivity index (χ2v) is 9.39. The van der Waals surface area contributed by atoms with Gasteiger partial charge >= 0.3 is 0 Å². The third-order valence-corrected chi connectivity index (χ3v) is 6.36. The summed E-state index contributed by atoms with van der Waals surface area (Å²) in [4.78, 5) is 6.51. The zero-order valence-electron chi connectivity index (χ0n) is 20.9. The van der Waals surface area contributed by atoms with E-state index in [1.807, 2.05) is 30.6 Å². The zero-order chi connectivity index (χ0) is 25.4. The van der Waals surface area contributed by atoms with Crippen LogP contribution < -0.4 is 14.2 Å². The normalized spacial score (nSPS) is 18.6.